The molecule has 1 aliphatic rings. The maximum atomic E-state index is 12.3. The number of nitrogens with zero attached hydrogens (tertiary/aromatic N) is 2. The van der Waals surface area contributed by atoms with Crippen LogP contribution < -0.4 is 0 Å². The van der Waals surface area contributed by atoms with Gasteiger partial charge >= 0.3 is 0 Å². The van der Waals surface area contributed by atoms with Crippen LogP contribution in [0.1, 0.15) is 24.2 Å². The quantitative estimate of drug-likeness (QED) is 0.756. The zero-order valence-corrected chi connectivity index (χ0v) is 13.8. The molecule has 1 amide bonds. The highest BCUT2D eigenvalue weighted by molar-refractivity contribution is 14.1. The fourth-order valence-corrected chi connectivity index (χ4v) is 3.58. The molecule has 1 saturated heterocycles. The highest BCUT2D eigenvalue weighted by Gasteiger charge is 2.22. The van der Waals surface area contributed by atoms with Gasteiger partial charge < -0.3 is 4.90 Å². The van der Waals surface area contributed by atoms with Crippen LogP contribution in [0.3, 0.4) is 0 Å². The number of hydrogen-bond donors (Lipinski definition) is 0. The van der Waals surface area contributed by atoms with Crippen molar-refractivity contribution in [1.82, 2.24) is 9.80 Å². The van der Waals surface area contributed by atoms with E-state index in [0.29, 0.717) is 5.92 Å². The Morgan fingerprint density at radius 1 is 1.39 bits per heavy atom. The van der Waals surface area contributed by atoms with Gasteiger partial charge in [0.05, 0.1) is 8.45 Å². The van der Waals surface area contributed by atoms with Gasteiger partial charge in [-0.1, -0.05) is 13.8 Å². The smallest absolute Gasteiger partial charge is 0.254 e. The summed E-state index contributed by atoms with van der Waals surface area (Å²) in [5.41, 5.74) is 0.849. The maximum Gasteiger partial charge on any atom is 0.254 e. The van der Waals surface area contributed by atoms with Crippen LogP contribution >= 0.6 is 33.9 Å². The summed E-state index contributed by atoms with van der Waals surface area (Å²) in [5.74, 6) is 0.893. The second kappa shape index (κ2) is 6.34. The predicted octanol–water partition coefficient (Wildman–Crippen LogP) is 2.77. The van der Waals surface area contributed by atoms with Gasteiger partial charge in [0, 0.05) is 38.1 Å². The second-order valence-electron chi connectivity index (χ2n) is 5.13. The normalized spacial score (nSPS) is 17.4. The van der Waals surface area contributed by atoms with Crippen LogP contribution in [0.2, 0.25) is 0 Å². The Morgan fingerprint density at radius 2 is 2.06 bits per heavy atom. The topological polar surface area (TPSA) is 23.6 Å². The minimum absolute atomic E-state index is 0.193. The molecule has 0 bridgehead atoms. The molecule has 0 spiro atoms. The summed E-state index contributed by atoms with van der Waals surface area (Å²) in [5, 5.41) is 1.96. The van der Waals surface area contributed by atoms with Crippen LogP contribution in [-0.4, -0.2) is 48.4 Å². The number of halogens is 1. The lowest BCUT2D eigenvalue weighted by atomic mass is 10.2. The molecule has 0 radical (unpaired) electrons. The van der Waals surface area contributed by atoms with Gasteiger partial charge in [0.25, 0.3) is 5.91 Å². The Labute approximate surface area is 126 Å². The van der Waals surface area contributed by atoms with E-state index in [1.54, 1.807) is 11.3 Å². The van der Waals surface area contributed by atoms with Gasteiger partial charge in [-0.15, -0.1) is 11.3 Å². The van der Waals surface area contributed by atoms with Crippen LogP contribution in [0.4, 0.5) is 0 Å². The maximum absolute atomic E-state index is 12.3. The van der Waals surface area contributed by atoms with Crippen molar-refractivity contribution in [2.24, 2.45) is 5.92 Å². The van der Waals surface area contributed by atoms with Crippen molar-refractivity contribution in [3.63, 3.8) is 0 Å². The molecule has 0 unspecified atom stereocenters. The molecule has 1 aromatic heterocycles. The summed E-state index contributed by atoms with van der Waals surface area (Å²) in [6.07, 6.45) is 0. The van der Waals surface area contributed by atoms with E-state index in [0.717, 1.165) is 38.3 Å². The Hall–Kier alpha value is -0.140. The van der Waals surface area contributed by atoms with Gasteiger partial charge in [-0.05, 0) is 34.6 Å². The molecular weight excluding hydrogens is 359 g/mol. The summed E-state index contributed by atoms with van der Waals surface area (Å²) >= 11 is 3.90. The molecule has 1 fully saturated rings. The molecule has 2 heterocycles. The van der Waals surface area contributed by atoms with Crippen LogP contribution in [0.5, 0.6) is 0 Å². The first-order valence-corrected chi connectivity index (χ1v) is 8.28. The molecule has 1 aromatic rings. The first-order valence-electron chi connectivity index (χ1n) is 6.32. The Balaban J connectivity index is 1.88. The van der Waals surface area contributed by atoms with E-state index in [1.807, 2.05) is 16.3 Å². The fourth-order valence-electron chi connectivity index (χ4n) is 2.25. The summed E-state index contributed by atoms with van der Waals surface area (Å²) in [7, 11) is 0. The third-order valence-electron chi connectivity index (χ3n) is 3.10. The van der Waals surface area contributed by atoms with Gasteiger partial charge in [0.15, 0.2) is 0 Å². The van der Waals surface area contributed by atoms with Gasteiger partial charge in [-0.2, -0.15) is 0 Å². The number of carbonyl (C=O) groups is 1. The molecule has 1 aliphatic heterocycles. The molecule has 18 heavy (non-hydrogen) atoms. The van der Waals surface area contributed by atoms with Crippen LogP contribution in [-0.2, 0) is 0 Å². The van der Waals surface area contributed by atoms with Crippen LogP contribution in [0, 0.1) is 8.80 Å². The Kier molecular flexibility index (Phi) is 5.03. The average molecular weight is 378 g/mol. The van der Waals surface area contributed by atoms with E-state index in [2.05, 4.69) is 41.3 Å². The monoisotopic (exact) mass is 378 g/mol. The Morgan fingerprint density at radius 3 is 2.56 bits per heavy atom. The van der Waals surface area contributed by atoms with Crippen molar-refractivity contribution in [3.05, 3.63) is 19.9 Å². The molecule has 2 rings (SSSR count). The second-order valence-corrected chi connectivity index (χ2v) is 7.93. The van der Waals surface area contributed by atoms with E-state index >= 15 is 0 Å². The van der Waals surface area contributed by atoms with Crippen molar-refractivity contribution >= 4 is 39.8 Å². The summed E-state index contributed by atoms with van der Waals surface area (Å²) in [6.45, 7) is 9.35. The number of amides is 1. The van der Waals surface area contributed by atoms with Gasteiger partial charge in [-0.25, -0.2) is 0 Å². The zero-order valence-electron chi connectivity index (χ0n) is 10.9. The van der Waals surface area contributed by atoms with Crippen molar-refractivity contribution in [1.29, 1.82) is 0 Å². The van der Waals surface area contributed by atoms with E-state index in [4.69, 9.17) is 0 Å². The van der Waals surface area contributed by atoms with Gasteiger partial charge in [-0.3, -0.25) is 9.69 Å². The summed E-state index contributed by atoms with van der Waals surface area (Å²) < 4.78 is 1.18. The first kappa shape index (κ1) is 14.3. The molecule has 0 atom stereocenters. The lowest BCUT2D eigenvalue weighted by Gasteiger charge is -2.35. The lowest BCUT2D eigenvalue weighted by Crippen LogP contribution is -2.49. The van der Waals surface area contributed by atoms with Crippen LogP contribution in [0.25, 0.3) is 0 Å². The van der Waals surface area contributed by atoms with E-state index in [9.17, 15) is 4.79 Å². The SMILES string of the molecule is CC(C)CN1CCN(C(=O)c2csc(I)c2)CC1. The van der Waals surface area contributed by atoms with Crippen molar-refractivity contribution in [2.75, 3.05) is 32.7 Å². The molecule has 0 aromatic carbocycles. The molecule has 3 nitrogen and oxygen atoms in total. The number of hydrogen-bond acceptors (Lipinski definition) is 3. The highest BCUT2D eigenvalue weighted by Crippen LogP contribution is 2.19. The highest BCUT2D eigenvalue weighted by atomic mass is 127. The Bertz CT molecular complexity index is 411. The summed E-state index contributed by atoms with van der Waals surface area (Å²) in [4.78, 5) is 16.7. The minimum atomic E-state index is 0.193. The number of thiophene rings is 1. The molecular formula is C13H19IN2OS. The lowest BCUT2D eigenvalue weighted by molar-refractivity contribution is 0.0624. The number of piperazine rings is 1. The van der Waals surface area contributed by atoms with E-state index < -0.39 is 0 Å². The molecule has 0 saturated carbocycles. The largest absolute Gasteiger partial charge is 0.336 e. The standard InChI is InChI=1S/C13H19IN2OS/c1-10(2)8-15-3-5-16(6-4-15)13(17)11-7-12(14)18-9-11/h7,9-10H,3-6,8H2,1-2H3. The van der Waals surface area contributed by atoms with E-state index in [-0.39, 0.29) is 5.91 Å². The van der Waals surface area contributed by atoms with Crippen molar-refractivity contribution < 1.29 is 4.79 Å². The third-order valence-corrected chi connectivity index (χ3v) is 4.89. The molecule has 0 aliphatic carbocycles. The van der Waals surface area contributed by atoms with Crippen molar-refractivity contribution in [2.45, 2.75) is 13.8 Å². The predicted molar refractivity (Wildman–Crippen MR) is 84.2 cm³/mol. The third kappa shape index (κ3) is 3.68. The van der Waals surface area contributed by atoms with Gasteiger partial charge in [0.1, 0.15) is 0 Å². The minimum Gasteiger partial charge on any atom is -0.336 e. The fraction of sp³-hybridized carbons (Fsp3) is 0.615. The first-order chi connectivity index (χ1) is 8.56. The molecule has 100 valence electrons. The van der Waals surface area contributed by atoms with Gasteiger partial charge in [0.2, 0.25) is 0 Å². The molecule has 0 N–H and O–H groups in total. The zero-order chi connectivity index (χ0) is 13.1. The number of rotatable bonds is 3. The van der Waals surface area contributed by atoms with Crippen molar-refractivity contribution in [3.8, 4) is 0 Å². The van der Waals surface area contributed by atoms with Crippen LogP contribution in [0.15, 0.2) is 11.4 Å². The number of carbonyl (C=O) groups excluding carboxylic acids is 1. The summed E-state index contributed by atoms with van der Waals surface area (Å²) in [6, 6.07) is 1.98. The molecule has 5 heteroatoms. The average Bonchev–Trinajstić information content (AvgIpc) is 2.75. The van der Waals surface area contributed by atoms with E-state index in [1.165, 1.54) is 2.88 Å².